The molecule has 6 nitrogen and oxygen atoms in total. The molecule has 1 aromatic carbocycles. The van der Waals surface area contributed by atoms with Crippen molar-refractivity contribution in [2.24, 2.45) is 0 Å². The van der Waals surface area contributed by atoms with Crippen LogP contribution in [0.5, 0.6) is 0 Å². The lowest BCUT2D eigenvalue weighted by molar-refractivity contribution is 0.102. The number of carbonyl (C=O) groups excluding carboxylic acids is 1. The minimum atomic E-state index is -0.330. The summed E-state index contributed by atoms with van der Waals surface area (Å²) >= 11 is 0. The van der Waals surface area contributed by atoms with Crippen molar-refractivity contribution in [1.82, 2.24) is 15.2 Å². The highest BCUT2D eigenvalue weighted by Gasteiger charge is 2.16. The van der Waals surface area contributed by atoms with E-state index in [4.69, 9.17) is 0 Å². The van der Waals surface area contributed by atoms with Gasteiger partial charge in [0.25, 0.3) is 5.91 Å². The summed E-state index contributed by atoms with van der Waals surface area (Å²) in [5.74, 6) is 0.308. The minimum absolute atomic E-state index is 0.296. The lowest BCUT2D eigenvalue weighted by Gasteiger charge is -2.27. The van der Waals surface area contributed by atoms with Crippen molar-refractivity contribution in [3.05, 3.63) is 60.2 Å². The smallest absolute Gasteiger partial charge is 0.259 e. The molecule has 0 saturated carbocycles. The summed E-state index contributed by atoms with van der Waals surface area (Å²) in [6, 6.07) is 9.69. The van der Waals surface area contributed by atoms with Crippen molar-refractivity contribution in [2.45, 2.75) is 19.3 Å². The van der Waals surface area contributed by atoms with Crippen LogP contribution < -0.4 is 10.2 Å². The molecule has 0 atom stereocenters. The lowest BCUT2D eigenvalue weighted by Crippen LogP contribution is -2.30. The van der Waals surface area contributed by atoms with Crippen LogP contribution in [0.3, 0.4) is 0 Å². The van der Waals surface area contributed by atoms with E-state index in [1.807, 2.05) is 12.1 Å². The van der Waals surface area contributed by atoms with Gasteiger partial charge in [-0.25, -0.2) is 9.37 Å². The summed E-state index contributed by atoms with van der Waals surface area (Å²) in [6.45, 7) is 2.05. The molecule has 1 fully saturated rings. The van der Waals surface area contributed by atoms with Gasteiger partial charge in [0.2, 0.25) is 0 Å². The summed E-state index contributed by atoms with van der Waals surface area (Å²) in [6.07, 6.45) is 6.77. The molecule has 3 heterocycles. The number of hydrogen-bond acceptors (Lipinski definition) is 4. The van der Waals surface area contributed by atoms with Gasteiger partial charge in [0.05, 0.1) is 29.3 Å². The number of halogens is 1. The number of anilines is 2. The van der Waals surface area contributed by atoms with Crippen molar-refractivity contribution in [3.63, 3.8) is 0 Å². The second kappa shape index (κ2) is 7.57. The van der Waals surface area contributed by atoms with E-state index in [-0.39, 0.29) is 11.7 Å². The standard InChI is InChI=1S/C20H20FN5O/c21-15-6-4-14(5-7-15)19-17(13-23-25-19)20(27)24-16-8-9-18(22-12-16)26-10-2-1-3-11-26/h4-9,12-13H,1-3,10-11H2,(H,23,25)(H,24,27). The van der Waals surface area contributed by atoms with E-state index in [1.54, 1.807) is 18.3 Å². The number of H-pyrrole nitrogens is 1. The second-order valence-corrected chi connectivity index (χ2v) is 6.57. The van der Waals surface area contributed by atoms with Gasteiger partial charge in [-0.05, 0) is 55.7 Å². The minimum Gasteiger partial charge on any atom is -0.357 e. The highest BCUT2D eigenvalue weighted by atomic mass is 19.1. The Morgan fingerprint density at radius 2 is 1.81 bits per heavy atom. The Morgan fingerprint density at radius 1 is 1.04 bits per heavy atom. The van der Waals surface area contributed by atoms with Crippen molar-refractivity contribution >= 4 is 17.4 Å². The van der Waals surface area contributed by atoms with Gasteiger partial charge >= 0.3 is 0 Å². The van der Waals surface area contributed by atoms with Crippen LogP contribution >= 0.6 is 0 Å². The van der Waals surface area contributed by atoms with Crippen LogP contribution in [0.2, 0.25) is 0 Å². The third-order valence-corrected chi connectivity index (χ3v) is 4.70. The molecule has 0 aliphatic carbocycles. The Labute approximate surface area is 156 Å². The van der Waals surface area contributed by atoms with E-state index in [1.165, 1.54) is 37.6 Å². The quantitative estimate of drug-likeness (QED) is 0.736. The second-order valence-electron chi connectivity index (χ2n) is 6.57. The maximum absolute atomic E-state index is 13.1. The Balaban J connectivity index is 1.48. The van der Waals surface area contributed by atoms with E-state index in [0.717, 1.165) is 18.9 Å². The summed E-state index contributed by atoms with van der Waals surface area (Å²) in [4.78, 5) is 19.4. The molecule has 0 bridgehead atoms. The van der Waals surface area contributed by atoms with E-state index >= 15 is 0 Å². The number of nitrogens with one attached hydrogen (secondary N) is 2. The van der Waals surface area contributed by atoms with Crippen molar-refractivity contribution in [3.8, 4) is 11.3 Å². The average molecular weight is 365 g/mol. The van der Waals surface area contributed by atoms with Crippen LogP contribution in [-0.4, -0.2) is 34.2 Å². The summed E-state index contributed by atoms with van der Waals surface area (Å²) < 4.78 is 13.1. The van der Waals surface area contributed by atoms with Crippen molar-refractivity contribution < 1.29 is 9.18 Å². The van der Waals surface area contributed by atoms with Gasteiger partial charge in [0.15, 0.2) is 0 Å². The van der Waals surface area contributed by atoms with E-state index < -0.39 is 0 Å². The van der Waals surface area contributed by atoms with Gasteiger partial charge in [0.1, 0.15) is 11.6 Å². The van der Waals surface area contributed by atoms with E-state index in [9.17, 15) is 9.18 Å². The first-order chi connectivity index (χ1) is 13.2. The van der Waals surface area contributed by atoms with Gasteiger partial charge < -0.3 is 10.2 Å². The summed E-state index contributed by atoms with van der Waals surface area (Å²) in [7, 11) is 0. The van der Waals surface area contributed by atoms with Gasteiger partial charge in [-0.1, -0.05) is 0 Å². The SMILES string of the molecule is O=C(Nc1ccc(N2CCCCC2)nc1)c1cn[nH]c1-c1ccc(F)cc1. The zero-order chi connectivity index (χ0) is 18.6. The van der Waals surface area contributed by atoms with Crippen LogP contribution in [0, 0.1) is 5.82 Å². The van der Waals surface area contributed by atoms with Crippen LogP contribution in [0.15, 0.2) is 48.8 Å². The molecule has 2 N–H and O–H groups in total. The number of rotatable bonds is 4. The van der Waals surface area contributed by atoms with Gasteiger partial charge in [-0.2, -0.15) is 5.10 Å². The molecule has 138 valence electrons. The fourth-order valence-corrected chi connectivity index (χ4v) is 3.26. The highest BCUT2D eigenvalue weighted by molar-refractivity contribution is 6.07. The van der Waals surface area contributed by atoms with Crippen molar-refractivity contribution in [2.75, 3.05) is 23.3 Å². The molecular formula is C20H20FN5O. The number of benzene rings is 1. The van der Waals surface area contributed by atoms with Crippen LogP contribution in [0.4, 0.5) is 15.9 Å². The first-order valence-electron chi connectivity index (χ1n) is 9.02. The fourth-order valence-electron chi connectivity index (χ4n) is 3.26. The topological polar surface area (TPSA) is 73.9 Å². The maximum atomic E-state index is 13.1. The van der Waals surface area contributed by atoms with Gasteiger partial charge in [-0.15, -0.1) is 0 Å². The molecule has 4 rings (SSSR count). The molecule has 0 radical (unpaired) electrons. The molecule has 1 saturated heterocycles. The normalized spacial score (nSPS) is 14.2. The first kappa shape index (κ1) is 17.2. The number of nitrogens with zero attached hydrogens (tertiary/aromatic N) is 3. The average Bonchev–Trinajstić information content (AvgIpc) is 3.20. The zero-order valence-electron chi connectivity index (χ0n) is 14.8. The molecule has 0 unspecified atom stereocenters. The Hall–Kier alpha value is -3.22. The number of hydrogen-bond donors (Lipinski definition) is 2. The largest absolute Gasteiger partial charge is 0.357 e. The molecule has 1 aliphatic heterocycles. The number of amides is 1. The van der Waals surface area contributed by atoms with Crippen molar-refractivity contribution in [1.29, 1.82) is 0 Å². The Kier molecular flexibility index (Phi) is 4.82. The number of aromatic nitrogens is 3. The molecule has 0 spiro atoms. The third kappa shape index (κ3) is 3.81. The Morgan fingerprint density at radius 3 is 2.52 bits per heavy atom. The number of pyridine rings is 1. The number of piperidine rings is 1. The fraction of sp³-hybridized carbons (Fsp3) is 0.250. The predicted molar refractivity (Wildman–Crippen MR) is 102 cm³/mol. The zero-order valence-corrected chi connectivity index (χ0v) is 14.8. The molecular weight excluding hydrogens is 345 g/mol. The summed E-state index contributed by atoms with van der Waals surface area (Å²) in [5, 5.41) is 9.60. The van der Waals surface area contributed by atoms with Gasteiger partial charge in [0, 0.05) is 18.7 Å². The van der Waals surface area contributed by atoms with E-state index in [0.29, 0.717) is 22.5 Å². The molecule has 1 amide bonds. The first-order valence-corrected chi connectivity index (χ1v) is 9.02. The molecule has 1 aliphatic rings. The van der Waals surface area contributed by atoms with Crippen LogP contribution in [-0.2, 0) is 0 Å². The monoisotopic (exact) mass is 365 g/mol. The summed E-state index contributed by atoms with van der Waals surface area (Å²) in [5.41, 5.74) is 2.25. The number of aromatic amines is 1. The Bertz CT molecular complexity index is 914. The molecule has 3 aromatic rings. The lowest BCUT2D eigenvalue weighted by atomic mass is 10.1. The predicted octanol–water partition coefficient (Wildman–Crippen LogP) is 3.85. The molecule has 27 heavy (non-hydrogen) atoms. The molecule has 7 heteroatoms. The highest BCUT2D eigenvalue weighted by Crippen LogP contribution is 2.23. The number of carbonyl (C=O) groups is 1. The molecule has 2 aromatic heterocycles. The van der Waals surface area contributed by atoms with Crippen LogP contribution in [0.25, 0.3) is 11.3 Å². The van der Waals surface area contributed by atoms with Crippen LogP contribution in [0.1, 0.15) is 29.6 Å². The van der Waals surface area contributed by atoms with Gasteiger partial charge in [-0.3, -0.25) is 9.89 Å². The van der Waals surface area contributed by atoms with E-state index in [2.05, 4.69) is 25.4 Å². The maximum Gasteiger partial charge on any atom is 0.259 e. The third-order valence-electron chi connectivity index (χ3n) is 4.70.